The zero-order valence-corrected chi connectivity index (χ0v) is 17.7. The summed E-state index contributed by atoms with van der Waals surface area (Å²) >= 11 is 1.01. The molecule has 1 fully saturated rings. The van der Waals surface area contributed by atoms with Gasteiger partial charge >= 0.3 is 0 Å². The van der Waals surface area contributed by atoms with E-state index in [1.807, 2.05) is 6.92 Å². The average molecular weight is 446 g/mol. The molecule has 30 heavy (non-hydrogen) atoms. The summed E-state index contributed by atoms with van der Waals surface area (Å²) in [5.74, 6) is -0.900. The third-order valence-corrected chi connectivity index (χ3v) is 5.77. The van der Waals surface area contributed by atoms with E-state index in [-0.39, 0.29) is 28.6 Å². The normalized spacial score (nSPS) is 20.5. The number of ether oxygens (including phenoxy) is 3. The van der Waals surface area contributed by atoms with Crippen LogP contribution in [0.2, 0.25) is 0 Å². The number of Topliss-reactive ketones (excluding diaryl/α,β-unsaturated/α-hetero) is 1. The van der Waals surface area contributed by atoms with E-state index < -0.39 is 24.7 Å². The lowest BCUT2D eigenvalue weighted by atomic mass is 9.95. The molecule has 0 radical (unpaired) electrons. The molecule has 166 valence electrons. The van der Waals surface area contributed by atoms with E-state index in [1.54, 1.807) is 6.92 Å². The fraction of sp³-hybridized carbons (Fsp3) is 0.650. The molecule has 0 saturated heterocycles. The molecule has 6 nitrogen and oxygen atoms in total. The molecule has 2 aromatic rings. The van der Waals surface area contributed by atoms with Crippen molar-refractivity contribution < 1.29 is 32.2 Å². The molecular formula is C20H25F3N2O4S. The van der Waals surface area contributed by atoms with Crippen LogP contribution in [0.25, 0.3) is 10.2 Å². The molecule has 1 atom stereocenters. The van der Waals surface area contributed by atoms with Crippen LogP contribution in [-0.4, -0.2) is 47.6 Å². The third kappa shape index (κ3) is 6.28. The highest BCUT2D eigenvalue weighted by Crippen LogP contribution is 2.35. The first-order valence-corrected chi connectivity index (χ1v) is 10.8. The number of aromatic nitrogens is 2. The fourth-order valence-electron chi connectivity index (χ4n) is 3.43. The Labute approximate surface area is 176 Å². The number of hydrogen-bond donors (Lipinski definition) is 0. The molecule has 1 aliphatic carbocycles. The summed E-state index contributed by atoms with van der Waals surface area (Å²) in [5, 5.41) is 0.316. The molecule has 1 saturated carbocycles. The van der Waals surface area contributed by atoms with Crippen LogP contribution < -0.4 is 9.47 Å². The average Bonchev–Trinajstić information content (AvgIpc) is 3.10. The molecule has 10 heteroatoms. The Morgan fingerprint density at radius 3 is 2.60 bits per heavy atom. The van der Waals surface area contributed by atoms with Gasteiger partial charge in [-0.2, -0.15) is 4.39 Å². The maximum Gasteiger partial charge on any atom is 0.274 e. The third-order valence-electron chi connectivity index (χ3n) is 4.81. The number of thiazole rings is 1. The fourth-order valence-corrected chi connectivity index (χ4v) is 4.31. The molecule has 2 aromatic heterocycles. The number of nitrogens with zero attached hydrogens (tertiary/aromatic N) is 2. The van der Waals surface area contributed by atoms with Crippen molar-refractivity contribution >= 4 is 27.3 Å². The first-order chi connectivity index (χ1) is 14.3. The van der Waals surface area contributed by atoms with E-state index in [1.165, 1.54) is 6.20 Å². The van der Waals surface area contributed by atoms with Crippen molar-refractivity contribution in [2.45, 2.75) is 64.6 Å². The van der Waals surface area contributed by atoms with Gasteiger partial charge in [0.2, 0.25) is 5.82 Å². The highest BCUT2D eigenvalue weighted by molar-refractivity contribution is 7.20. The molecule has 2 heterocycles. The minimum atomic E-state index is -2.71. The molecule has 0 aromatic carbocycles. The van der Waals surface area contributed by atoms with E-state index in [0.717, 1.165) is 37.0 Å². The number of halogens is 3. The van der Waals surface area contributed by atoms with E-state index >= 15 is 0 Å². The van der Waals surface area contributed by atoms with Gasteiger partial charge in [0.25, 0.3) is 17.5 Å². The van der Waals surface area contributed by atoms with Gasteiger partial charge in [-0.05, 0) is 38.5 Å². The van der Waals surface area contributed by atoms with Gasteiger partial charge in [0.1, 0.15) is 22.1 Å². The lowest BCUT2D eigenvalue weighted by molar-refractivity contribution is -0.118. The summed E-state index contributed by atoms with van der Waals surface area (Å²) < 4.78 is 55.7. The summed E-state index contributed by atoms with van der Waals surface area (Å²) in [6, 6.07) is 0. The van der Waals surface area contributed by atoms with E-state index in [9.17, 15) is 18.0 Å². The predicted octanol–water partition coefficient (Wildman–Crippen LogP) is 4.80. The second-order valence-electron chi connectivity index (χ2n) is 7.63. The molecule has 0 unspecified atom stereocenters. The Bertz CT molecular complexity index is 856. The molecule has 3 rings (SSSR count). The predicted molar refractivity (Wildman–Crippen MR) is 106 cm³/mol. The first kappa shape index (κ1) is 22.7. The van der Waals surface area contributed by atoms with Gasteiger partial charge in [0.15, 0.2) is 6.61 Å². The number of ketones is 1. The largest absolute Gasteiger partial charge is 0.469 e. The smallest absolute Gasteiger partial charge is 0.274 e. The maximum atomic E-state index is 14.4. The van der Waals surface area contributed by atoms with Crippen molar-refractivity contribution in [2.75, 3.05) is 13.2 Å². The van der Waals surface area contributed by atoms with Crippen LogP contribution in [0.5, 0.6) is 11.1 Å². The monoisotopic (exact) mass is 446 g/mol. The number of rotatable bonds is 10. The van der Waals surface area contributed by atoms with Crippen LogP contribution in [0, 0.1) is 11.7 Å². The van der Waals surface area contributed by atoms with Crippen LogP contribution >= 0.6 is 11.3 Å². The molecule has 0 spiro atoms. The summed E-state index contributed by atoms with van der Waals surface area (Å²) in [5.41, 5.74) is 0.299. The van der Waals surface area contributed by atoms with Gasteiger partial charge in [-0.15, -0.1) is 0 Å². The Morgan fingerprint density at radius 1 is 1.23 bits per heavy atom. The molecular weight excluding hydrogens is 421 g/mol. The quantitative estimate of drug-likeness (QED) is 0.522. The first-order valence-electron chi connectivity index (χ1n) is 9.95. The zero-order valence-electron chi connectivity index (χ0n) is 16.9. The van der Waals surface area contributed by atoms with Gasteiger partial charge < -0.3 is 19.0 Å². The standard InChI is InChI=1S/C20H25F3N2O4S/c1-11(7-12(2)26)9-27-13-3-5-14(6-4-13)29-20-25-15-8-24-19(28-10-16(21)22)17(23)18(15)30-20/h8,11,13-14,16H,3-7,9-10H2,1-2H3/t11-,13?,14?/m1/s1. The Kier molecular flexibility index (Phi) is 7.87. The summed E-state index contributed by atoms with van der Waals surface area (Å²) in [4.78, 5) is 19.1. The number of carbonyl (C=O) groups is 1. The van der Waals surface area contributed by atoms with E-state index in [2.05, 4.69) is 9.97 Å². The van der Waals surface area contributed by atoms with Crippen molar-refractivity contribution in [3.05, 3.63) is 12.0 Å². The minimum absolute atomic E-state index is 0.0503. The second-order valence-corrected chi connectivity index (χ2v) is 8.60. The zero-order chi connectivity index (χ0) is 21.7. The Balaban J connectivity index is 1.51. The van der Waals surface area contributed by atoms with Crippen LogP contribution in [0.15, 0.2) is 6.20 Å². The Morgan fingerprint density at radius 2 is 1.93 bits per heavy atom. The molecule has 0 bridgehead atoms. The van der Waals surface area contributed by atoms with Gasteiger partial charge in [0, 0.05) is 13.0 Å². The van der Waals surface area contributed by atoms with Crippen molar-refractivity contribution in [2.24, 2.45) is 5.92 Å². The lowest BCUT2D eigenvalue weighted by Crippen LogP contribution is -2.29. The molecule has 0 amide bonds. The number of pyridine rings is 1. The van der Waals surface area contributed by atoms with Gasteiger partial charge in [-0.25, -0.2) is 18.7 Å². The van der Waals surface area contributed by atoms with Crippen molar-refractivity contribution in [3.63, 3.8) is 0 Å². The lowest BCUT2D eigenvalue weighted by Gasteiger charge is -2.29. The molecule has 1 aliphatic rings. The van der Waals surface area contributed by atoms with Crippen molar-refractivity contribution in [3.8, 4) is 11.1 Å². The minimum Gasteiger partial charge on any atom is -0.469 e. The van der Waals surface area contributed by atoms with Crippen LogP contribution in [0.3, 0.4) is 0 Å². The van der Waals surface area contributed by atoms with Crippen molar-refractivity contribution in [1.82, 2.24) is 9.97 Å². The van der Waals surface area contributed by atoms with E-state index in [4.69, 9.17) is 14.2 Å². The van der Waals surface area contributed by atoms with Crippen LogP contribution in [0.4, 0.5) is 13.2 Å². The SMILES string of the molecule is CC(=O)C[C@@H](C)COC1CCC(Oc2nc3cnc(OCC(F)F)c(F)c3s2)CC1. The topological polar surface area (TPSA) is 70.5 Å². The van der Waals surface area contributed by atoms with Gasteiger partial charge in [-0.3, -0.25) is 0 Å². The van der Waals surface area contributed by atoms with E-state index in [0.29, 0.717) is 23.7 Å². The number of alkyl halides is 2. The summed E-state index contributed by atoms with van der Waals surface area (Å²) in [7, 11) is 0. The number of carbonyl (C=O) groups excluding carboxylic acids is 1. The number of hydrogen-bond acceptors (Lipinski definition) is 7. The van der Waals surface area contributed by atoms with Crippen LogP contribution in [0.1, 0.15) is 46.0 Å². The van der Waals surface area contributed by atoms with Gasteiger partial charge in [0.05, 0.1) is 12.3 Å². The maximum absolute atomic E-state index is 14.4. The highest BCUT2D eigenvalue weighted by atomic mass is 32.1. The summed E-state index contributed by atoms with van der Waals surface area (Å²) in [6.45, 7) is 3.23. The molecule has 0 aliphatic heterocycles. The Hall–Kier alpha value is -1.94. The van der Waals surface area contributed by atoms with Crippen molar-refractivity contribution in [1.29, 1.82) is 0 Å². The summed E-state index contributed by atoms with van der Waals surface area (Å²) in [6.07, 6.45) is 2.44. The van der Waals surface area contributed by atoms with Gasteiger partial charge in [-0.1, -0.05) is 18.3 Å². The highest BCUT2D eigenvalue weighted by Gasteiger charge is 2.25. The number of fused-ring (bicyclic) bond motifs is 1. The van der Waals surface area contributed by atoms with Crippen LogP contribution in [-0.2, 0) is 9.53 Å². The molecule has 0 N–H and O–H groups in total. The second kappa shape index (κ2) is 10.4.